The Labute approximate surface area is 143 Å². The minimum atomic E-state index is -1.04. The van der Waals surface area contributed by atoms with Gasteiger partial charge in [0.15, 0.2) is 0 Å². The molecule has 0 saturated heterocycles. The Morgan fingerprint density at radius 2 is 1.96 bits per heavy atom. The van der Waals surface area contributed by atoms with E-state index in [2.05, 4.69) is 5.10 Å². The summed E-state index contributed by atoms with van der Waals surface area (Å²) in [7, 11) is 0. The number of carbonyl (C=O) groups is 1. The monoisotopic (exact) mass is 342 g/mol. The lowest BCUT2D eigenvalue weighted by molar-refractivity contribution is 0.0697. The lowest BCUT2D eigenvalue weighted by atomic mass is 10.1. The average Bonchev–Trinajstić information content (AvgIpc) is 2.85. The Morgan fingerprint density at radius 1 is 1.21 bits per heavy atom. The van der Waals surface area contributed by atoms with Gasteiger partial charge in [-0.05, 0) is 36.8 Å². The maximum Gasteiger partial charge on any atom is 0.335 e. The molecule has 0 aliphatic rings. The molecule has 1 heterocycles. The van der Waals surface area contributed by atoms with Crippen molar-refractivity contribution < 1.29 is 9.90 Å². The largest absolute Gasteiger partial charge is 0.478 e. The molecule has 6 heteroatoms. The van der Waals surface area contributed by atoms with Crippen LogP contribution < -0.4 is 5.56 Å². The number of H-pyrrole nitrogens is 1. The smallest absolute Gasteiger partial charge is 0.335 e. The van der Waals surface area contributed by atoms with Crippen molar-refractivity contribution in [1.82, 2.24) is 9.78 Å². The zero-order valence-corrected chi connectivity index (χ0v) is 13.7. The second-order valence-electron chi connectivity index (χ2n) is 5.48. The quantitative estimate of drug-likeness (QED) is 0.763. The van der Waals surface area contributed by atoms with Crippen LogP contribution in [0.5, 0.6) is 0 Å². The molecule has 24 heavy (non-hydrogen) atoms. The standard InChI is InChI=1S/C18H15ClN2O3/c1-11-15(10-12-5-2-3-8-16(12)19)17(22)21(20-11)14-7-4-6-13(9-14)18(23)24/h2-9,20H,10H2,1H3,(H,23,24). The van der Waals surface area contributed by atoms with Gasteiger partial charge in [-0.15, -0.1) is 0 Å². The molecule has 0 amide bonds. The van der Waals surface area contributed by atoms with Crippen LogP contribution in [0.25, 0.3) is 5.69 Å². The minimum Gasteiger partial charge on any atom is -0.478 e. The molecule has 2 N–H and O–H groups in total. The molecule has 0 saturated carbocycles. The van der Waals surface area contributed by atoms with Crippen LogP contribution in [0.15, 0.2) is 53.3 Å². The van der Waals surface area contributed by atoms with Crippen LogP contribution in [0.3, 0.4) is 0 Å². The van der Waals surface area contributed by atoms with Crippen molar-refractivity contribution in [2.24, 2.45) is 0 Å². The summed E-state index contributed by atoms with van der Waals surface area (Å²) in [6.45, 7) is 1.81. The van der Waals surface area contributed by atoms with E-state index >= 15 is 0 Å². The third-order valence-electron chi connectivity index (χ3n) is 3.87. The van der Waals surface area contributed by atoms with Crippen LogP contribution in [-0.2, 0) is 6.42 Å². The molecule has 0 bridgehead atoms. The van der Waals surface area contributed by atoms with E-state index in [1.807, 2.05) is 25.1 Å². The van der Waals surface area contributed by atoms with Crippen LogP contribution in [0, 0.1) is 6.92 Å². The van der Waals surface area contributed by atoms with Gasteiger partial charge in [0, 0.05) is 22.7 Å². The lowest BCUT2D eigenvalue weighted by Gasteiger charge is -2.03. The van der Waals surface area contributed by atoms with E-state index in [-0.39, 0.29) is 11.1 Å². The van der Waals surface area contributed by atoms with Crippen molar-refractivity contribution in [2.45, 2.75) is 13.3 Å². The predicted molar refractivity (Wildman–Crippen MR) is 92.3 cm³/mol. The first-order valence-corrected chi connectivity index (χ1v) is 7.73. The fourth-order valence-corrected chi connectivity index (χ4v) is 2.78. The van der Waals surface area contributed by atoms with E-state index in [1.165, 1.54) is 16.8 Å². The summed E-state index contributed by atoms with van der Waals surface area (Å²) in [5.74, 6) is -1.04. The maximum absolute atomic E-state index is 12.7. The van der Waals surface area contributed by atoms with E-state index in [4.69, 9.17) is 16.7 Å². The van der Waals surface area contributed by atoms with Crippen molar-refractivity contribution in [1.29, 1.82) is 0 Å². The molecule has 0 spiro atoms. The average molecular weight is 343 g/mol. The Bertz CT molecular complexity index is 972. The van der Waals surface area contributed by atoms with Crippen molar-refractivity contribution in [3.8, 4) is 5.69 Å². The first kappa shape index (κ1) is 16.1. The molecule has 3 rings (SSSR count). The Balaban J connectivity index is 2.04. The zero-order chi connectivity index (χ0) is 17.3. The number of carboxylic acids is 1. The zero-order valence-electron chi connectivity index (χ0n) is 12.9. The molecule has 0 radical (unpaired) electrons. The summed E-state index contributed by atoms with van der Waals surface area (Å²) in [6.07, 6.45) is 0.409. The first-order valence-electron chi connectivity index (χ1n) is 7.35. The van der Waals surface area contributed by atoms with Crippen LogP contribution in [0.1, 0.15) is 27.2 Å². The number of aromatic carboxylic acids is 1. The molecule has 0 aliphatic carbocycles. The minimum absolute atomic E-state index is 0.124. The second-order valence-corrected chi connectivity index (χ2v) is 5.89. The highest BCUT2D eigenvalue weighted by molar-refractivity contribution is 6.31. The van der Waals surface area contributed by atoms with E-state index in [0.717, 1.165) is 11.3 Å². The number of benzene rings is 2. The van der Waals surface area contributed by atoms with Gasteiger partial charge < -0.3 is 5.11 Å². The van der Waals surface area contributed by atoms with Crippen molar-refractivity contribution in [3.63, 3.8) is 0 Å². The predicted octanol–water partition coefficient (Wildman–Crippen LogP) is 3.42. The molecular formula is C18H15ClN2O3. The van der Waals surface area contributed by atoms with Gasteiger partial charge >= 0.3 is 5.97 Å². The summed E-state index contributed by atoms with van der Waals surface area (Å²) in [6, 6.07) is 13.6. The number of nitrogens with one attached hydrogen (secondary N) is 1. The number of aryl methyl sites for hydroxylation is 1. The molecule has 3 aromatic rings. The van der Waals surface area contributed by atoms with Gasteiger partial charge in [0.1, 0.15) is 0 Å². The maximum atomic E-state index is 12.7. The molecule has 0 unspecified atom stereocenters. The summed E-state index contributed by atoms with van der Waals surface area (Å²) < 4.78 is 1.36. The molecule has 0 atom stereocenters. The first-order chi connectivity index (χ1) is 11.5. The van der Waals surface area contributed by atoms with Crippen molar-refractivity contribution in [2.75, 3.05) is 0 Å². The van der Waals surface area contributed by atoms with E-state index in [9.17, 15) is 9.59 Å². The number of nitrogens with zero attached hydrogens (tertiary/aromatic N) is 1. The molecule has 5 nitrogen and oxygen atoms in total. The molecule has 2 aromatic carbocycles. The van der Waals surface area contributed by atoms with Crippen LogP contribution >= 0.6 is 11.6 Å². The summed E-state index contributed by atoms with van der Waals surface area (Å²) in [4.78, 5) is 23.8. The summed E-state index contributed by atoms with van der Waals surface area (Å²) in [5.41, 5.74) is 2.58. The van der Waals surface area contributed by atoms with Gasteiger partial charge in [-0.2, -0.15) is 0 Å². The Kier molecular flexibility index (Phi) is 4.27. The number of halogens is 1. The molecule has 0 fully saturated rings. The highest BCUT2D eigenvalue weighted by Gasteiger charge is 2.15. The van der Waals surface area contributed by atoms with Crippen LogP contribution in [0.4, 0.5) is 0 Å². The molecule has 122 valence electrons. The van der Waals surface area contributed by atoms with Gasteiger partial charge in [-0.1, -0.05) is 35.9 Å². The number of aromatic amines is 1. The second kappa shape index (κ2) is 6.37. The van der Waals surface area contributed by atoms with Crippen LogP contribution in [-0.4, -0.2) is 20.9 Å². The van der Waals surface area contributed by atoms with E-state index in [1.54, 1.807) is 18.2 Å². The van der Waals surface area contributed by atoms with E-state index in [0.29, 0.717) is 22.7 Å². The van der Waals surface area contributed by atoms with Crippen molar-refractivity contribution >= 4 is 17.6 Å². The topological polar surface area (TPSA) is 75.1 Å². The van der Waals surface area contributed by atoms with Crippen LogP contribution in [0.2, 0.25) is 5.02 Å². The lowest BCUT2D eigenvalue weighted by Crippen LogP contribution is -2.18. The fraction of sp³-hybridized carbons (Fsp3) is 0.111. The summed E-state index contributed by atoms with van der Waals surface area (Å²) >= 11 is 6.17. The normalized spacial score (nSPS) is 10.8. The molecule has 0 aliphatic heterocycles. The molecular weight excluding hydrogens is 328 g/mol. The van der Waals surface area contributed by atoms with Gasteiger partial charge in [0.05, 0.1) is 11.3 Å². The van der Waals surface area contributed by atoms with Crippen molar-refractivity contribution in [3.05, 3.63) is 86.3 Å². The Hall–Kier alpha value is -2.79. The fourth-order valence-electron chi connectivity index (χ4n) is 2.58. The third-order valence-corrected chi connectivity index (χ3v) is 4.24. The third kappa shape index (κ3) is 2.98. The van der Waals surface area contributed by atoms with Gasteiger partial charge in [-0.25, -0.2) is 9.48 Å². The van der Waals surface area contributed by atoms with Gasteiger partial charge in [0.25, 0.3) is 5.56 Å². The highest BCUT2D eigenvalue weighted by atomic mass is 35.5. The van der Waals surface area contributed by atoms with Gasteiger partial charge in [-0.3, -0.25) is 9.89 Å². The highest BCUT2D eigenvalue weighted by Crippen LogP contribution is 2.19. The van der Waals surface area contributed by atoms with E-state index < -0.39 is 5.97 Å². The number of rotatable bonds is 4. The Morgan fingerprint density at radius 3 is 2.67 bits per heavy atom. The SMILES string of the molecule is Cc1[nH]n(-c2cccc(C(=O)O)c2)c(=O)c1Cc1ccccc1Cl. The molecule has 1 aromatic heterocycles. The number of hydrogen-bond donors (Lipinski definition) is 2. The number of aromatic nitrogens is 2. The van der Waals surface area contributed by atoms with Gasteiger partial charge in [0.2, 0.25) is 0 Å². The number of hydrogen-bond acceptors (Lipinski definition) is 2. The summed E-state index contributed by atoms with van der Waals surface area (Å²) in [5, 5.41) is 12.7. The number of carboxylic acid groups (broad SMARTS) is 1.